The van der Waals surface area contributed by atoms with E-state index in [0.29, 0.717) is 42.0 Å². The van der Waals surface area contributed by atoms with Crippen molar-refractivity contribution in [3.05, 3.63) is 29.0 Å². The molecule has 0 aliphatic carbocycles. The number of fused-ring (bicyclic) bond motifs is 3. The number of likely N-dealkylation sites (tertiary alicyclic amines) is 1. The second kappa shape index (κ2) is 11.7. The van der Waals surface area contributed by atoms with Crippen molar-refractivity contribution in [2.75, 3.05) is 50.1 Å². The highest BCUT2D eigenvalue weighted by Crippen LogP contribution is 2.36. The number of halogens is 1. The van der Waals surface area contributed by atoms with Crippen LogP contribution in [0.25, 0.3) is 0 Å². The first-order valence-corrected chi connectivity index (χ1v) is 11.8. The number of amides is 2. The number of ether oxygens (including phenoxy) is 3. The molecular formula is C23H27ClN6O4. The SMILES string of the molecule is N#Cc1ncc2nc1OCCCCCOc1cc(OCCN3CCCC3)c(Cl)cc1NC(=O)N2. The van der Waals surface area contributed by atoms with E-state index in [1.807, 2.05) is 6.07 Å². The summed E-state index contributed by atoms with van der Waals surface area (Å²) < 4.78 is 17.5. The molecule has 34 heavy (non-hydrogen) atoms. The van der Waals surface area contributed by atoms with Gasteiger partial charge in [-0.25, -0.2) is 9.78 Å². The molecule has 2 aliphatic rings. The van der Waals surface area contributed by atoms with Gasteiger partial charge in [-0.05, 0) is 51.3 Å². The van der Waals surface area contributed by atoms with Gasteiger partial charge < -0.3 is 19.5 Å². The fraction of sp³-hybridized carbons (Fsp3) is 0.478. The predicted octanol–water partition coefficient (Wildman–Crippen LogP) is 4.06. The van der Waals surface area contributed by atoms with Gasteiger partial charge in [0, 0.05) is 12.6 Å². The average molecular weight is 487 g/mol. The Kier molecular flexibility index (Phi) is 8.22. The van der Waals surface area contributed by atoms with Crippen molar-refractivity contribution in [3.63, 3.8) is 0 Å². The lowest BCUT2D eigenvalue weighted by atomic mass is 10.2. The summed E-state index contributed by atoms with van der Waals surface area (Å²) >= 11 is 6.45. The van der Waals surface area contributed by atoms with Gasteiger partial charge in [-0.1, -0.05) is 11.6 Å². The fourth-order valence-electron chi connectivity index (χ4n) is 3.76. The molecule has 10 nitrogen and oxygen atoms in total. The number of hydrogen-bond acceptors (Lipinski definition) is 8. The number of aromatic nitrogens is 2. The topological polar surface area (TPSA) is 122 Å². The van der Waals surface area contributed by atoms with E-state index in [2.05, 4.69) is 25.5 Å². The molecule has 0 radical (unpaired) electrons. The van der Waals surface area contributed by atoms with Crippen LogP contribution in [0.1, 0.15) is 37.8 Å². The summed E-state index contributed by atoms with van der Waals surface area (Å²) in [6.07, 6.45) is 6.13. The smallest absolute Gasteiger partial charge is 0.325 e. The summed E-state index contributed by atoms with van der Waals surface area (Å²) in [5.74, 6) is 1.21. The molecule has 2 aromatic rings. The van der Waals surface area contributed by atoms with Gasteiger partial charge in [0.25, 0.3) is 5.88 Å². The number of urea groups is 1. The molecule has 1 saturated heterocycles. The Morgan fingerprint density at radius 1 is 1.12 bits per heavy atom. The third kappa shape index (κ3) is 6.40. The van der Waals surface area contributed by atoms with E-state index in [1.165, 1.54) is 19.0 Å². The highest BCUT2D eigenvalue weighted by Gasteiger charge is 2.17. The fourth-order valence-corrected chi connectivity index (χ4v) is 3.98. The van der Waals surface area contributed by atoms with Crippen LogP contribution in [0.2, 0.25) is 5.02 Å². The summed E-state index contributed by atoms with van der Waals surface area (Å²) in [6, 6.07) is 4.70. The molecule has 4 rings (SSSR count). The van der Waals surface area contributed by atoms with Crippen LogP contribution in [-0.4, -0.2) is 60.4 Å². The molecular weight excluding hydrogens is 460 g/mol. The summed E-state index contributed by atoms with van der Waals surface area (Å²) in [7, 11) is 0. The highest BCUT2D eigenvalue weighted by molar-refractivity contribution is 6.32. The maximum Gasteiger partial charge on any atom is 0.325 e. The zero-order chi connectivity index (χ0) is 23.8. The quantitative estimate of drug-likeness (QED) is 0.663. The minimum absolute atomic E-state index is 0.0630. The Labute approximate surface area is 203 Å². The van der Waals surface area contributed by atoms with Crippen molar-refractivity contribution >= 4 is 29.1 Å². The molecule has 1 aromatic heterocycles. The molecule has 1 aromatic carbocycles. The standard InChI is InChI=1S/C23H27ClN6O4/c24-16-12-17-20(13-19(16)33-11-8-30-6-2-3-7-30)32-9-4-1-5-10-34-22-18(14-25)26-15-21(28-22)29-23(31)27-17/h12-13,15H,1-11H2,(H2,27,28,29,31). The van der Waals surface area contributed by atoms with E-state index in [9.17, 15) is 10.1 Å². The Balaban J connectivity index is 1.50. The molecule has 0 atom stereocenters. The predicted molar refractivity (Wildman–Crippen MR) is 127 cm³/mol. The molecule has 2 bridgehead atoms. The van der Waals surface area contributed by atoms with Gasteiger partial charge in [0.1, 0.15) is 24.2 Å². The molecule has 0 spiro atoms. The van der Waals surface area contributed by atoms with E-state index in [0.717, 1.165) is 38.9 Å². The molecule has 11 heteroatoms. The number of hydrogen-bond donors (Lipinski definition) is 2. The van der Waals surface area contributed by atoms with Gasteiger partial charge >= 0.3 is 6.03 Å². The third-order valence-corrected chi connectivity index (χ3v) is 5.81. The zero-order valence-corrected chi connectivity index (χ0v) is 19.6. The number of rotatable bonds is 4. The number of nitriles is 1. The molecule has 0 saturated carbocycles. The second-order valence-electron chi connectivity index (χ2n) is 8.03. The normalized spacial score (nSPS) is 17.0. The van der Waals surface area contributed by atoms with Gasteiger partial charge in [-0.2, -0.15) is 10.2 Å². The number of benzene rings is 1. The van der Waals surface area contributed by atoms with Crippen molar-refractivity contribution in [2.45, 2.75) is 32.1 Å². The number of nitrogens with zero attached hydrogens (tertiary/aromatic N) is 4. The summed E-state index contributed by atoms with van der Waals surface area (Å²) in [6.45, 7) is 4.37. The number of carbonyl (C=O) groups excluding carboxylic acids is 1. The first-order chi connectivity index (χ1) is 16.6. The van der Waals surface area contributed by atoms with Gasteiger partial charge in [-0.15, -0.1) is 0 Å². The summed E-state index contributed by atoms with van der Waals surface area (Å²) in [5.41, 5.74) is 0.468. The van der Waals surface area contributed by atoms with E-state index < -0.39 is 6.03 Å². The molecule has 2 aliphatic heterocycles. The van der Waals surface area contributed by atoms with Crippen LogP contribution in [-0.2, 0) is 0 Å². The lowest BCUT2D eigenvalue weighted by molar-refractivity contribution is 0.236. The molecule has 0 unspecified atom stereocenters. The maximum atomic E-state index is 12.6. The first-order valence-electron chi connectivity index (χ1n) is 11.4. The third-order valence-electron chi connectivity index (χ3n) is 5.52. The van der Waals surface area contributed by atoms with E-state index in [-0.39, 0.29) is 17.4 Å². The van der Waals surface area contributed by atoms with Crippen LogP contribution in [0.4, 0.5) is 16.3 Å². The Bertz CT molecular complexity index is 1050. The minimum Gasteiger partial charge on any atom is -0.491 e. The van der Waals surface area contributed by atoms with Gasteiger partial charge in [-0.3, -0.25) is 10.2 Å². The van der Waals surface area contributed by atoms with Crippen LogP contribution >= 0.6 is 11.6 Å². The lowest BCUT2D eigenvalue weighted by Gasteiger charge is -2.18. The first kappa shape index (κ1) is 23.9. The van der Waals surface area contributed by atoms with Gasteiger partial charge in [0.05, 0.1) is 30.1 Å². The molecule has 2 N–H and O–H groups in total. The second-order valence-corrected chi connectivity index (χ2v) is 8.44. The van der Waals surface area contributed by atoms with Crippen molar-refractivity contribution < 1.29 is 19.0 Å². The lowest BCUT2D eigenvalue weighted by Crippen LogP contribution is -2.25. The monoisotopic (exact) mass is 486 g/mol. The van der Waals surface area contributed by atoms with Crippen molar-refractivity contribution in [1.29, 1.82) is 5.26 Å². The van der Waals surface area contributed by atoms with Crippen LogP contribution in [0.3, 0.4) is 0 Å². The van der Waals surface area contributed by atoms with Crippen molar-refractivity contribution in [2.24, 2.45) is 0 Å². The maximum absolute atomic E-state index is 12.6. The van der Waals surface area contributed by atoms with Crippen molar-refractivity contribution in [1.82, 2.24) is 14.9 Å². The van der Waals surface area contributed by atoms with Crippen LogP contribution in [0.5, 0.6) is 17.4 Å². The zero-order valence-electron chi connectivity index (χ0n) is 18.8. The summed E-state index contributed by atoms with van der Waals surface area (Å²) in [4.78, 5) is 23.2. The Morgan fingerprint density at radius 2 is 1.91 bits per heavy atom. The molecule has 180 valence electrons. The minimum atomic E-state index is -0.566. The van der Waals surface area contributed by atoms with Gasteiger partial charge in [0.2, 0.25) is 5.69 Å². The van der Waals surface area contributed by atoms with Crippen molar-refractivity contribution in [3.8, 4) is 23.4 Å². The van der Waals surface area contributed by atoms with E-state index in [4.69, 9.17) is 25.8 Å². The number of anilines is 2. The Morgan fingerprint density at radius 3 is 2.71 bits per heavy atom. The molecule has 3 heterocycles. The highest BCUT2D eigenvalue weighted by atomic mass is 35.5. The Hall–Kier alpha value is -3.29. The largest absolute Gasteiger partial charge is 0.491 e. The van der Waals surface area contributed by atoms with Crippen LogP contribution in [0, 0.1) is 11.3 Å². The average Bonchev–Trinajstić information content (AvgIpc) is 3.34. The van der Waals surface area contributed by atoms with Crippen LogP contribution in [0.15, 0.2) is 18.3 Å². The molecule has 1 fully saturated rings. The number of carbonyl (C=O) groups is 1. The summed E-state index contributed by atoms with van der Waals surface area (Å²) in [5, 5.41) is 14.9. The van der Waals surface area contributed by atoms with E-state index >= 15 is 0 Å². The number of nitrogens with one attached hydrogen (secondary N) is 2. The van der Waals surface area contributed by atoms with E-state index in [1.54, 1.807) is 12.1 Å². The molecule has 2 amide bonds. The van der Waals surface area contributed by atoms with Gasteiger partial charge in [0.15, 0.2) is 5.82 Å². The van der Waals surface area contributed by atoms with Crippen LogP contribution < -0.4 is 24.8 Å².